The SMILES string of the molecule is O=C1N=C(CCCC(=O)N2CCCCC2)N=C2C=CC=CC12. The molecule has 2 heterocycles. The number of piperidine rings is 1. The average Bonchev–Trinajstić information content (AvgIpc) is 2.56. The van der Waals surface area contributed by atoms with Gasteiger partial charge in [0, 0.05) is 25.9 Å². The van der Waals surface area contributed by atoms with Gasteiger partial charge in [-0.3, -0.25) is 9.59 Å². The Hall–Kier alpha value is -2.04. The molecule has 1 aliphatic carbocycles. The lowest BCUT2D eigenvalue weighted by atomic mass is 9.96. The first-order chi connectivity index (χ1) is 10.7. The first-order valence-corrected chi connectivity index (χ1v) is 8.07. The summed E-state index contributed by atoms with van der Waals surface area (Å²) in [5, 5.41) is 0. The molecule has 0 spiro atoms. The highest BCUT2D eigenvalue weighted by atomic mass is 16.2. The van der Waals surface area contributed by atoms with Crippen LogP contribution in [0.5, 0.6) is 0 Å². The monoisotopic (exact) mass is 299 g/mol. The van der Waals surface area contributed by atoms with Crippen LogP contribution in [-0.4, -0.2) is 41.4 Å². The molecule has 116 valence electrons. The van der Waals surface area contributed by atoms with Crippen molar-refractivity contribution in [2.24, 2.45) is 15.9 Å². The zero-order valence-electron chi connectivity index (χ0n) is 12.7. The summed E-state index contributed by atoms with van der Waals surface area (Å²) in [6.07, 6.45) is 12.6. The Morgan fingerprint density at radius 3 is 2.82 bits per heavy atom. The fraction of sp³-hybridized carbons (Fsp3) is 0.529. The molecule has 0 aromatic heterocycles. The summed E-state index contributed by atoms with van der Waals surface area (Å²) < 4.78 is 0. The number of rotatable bonds is 4. The van der Waals surface area contributed by atoms with E-state index in [9.17, 15) is 9.59 Å². The van der Waals surface area contributed by atoms with Gasteiger partial charge >= 0.3 is 0 Å². The van der Waals surface area contributed by atoms with Crippen LogP contribution in [0.2, 0.25) is 0 Å². The fourth-order valence-corrected chi connectivity index (χ4v) is 3.03. The molecule has 5 nitrogen and oxygen atoms in total. The molecule has 5 heteroatoms. The van der Waals surface area contributed by atoms with Gasteiger partial charge in [0.2, 0.25) is 5.91 Å². The second-order valence-corrected chi connectivity index (χ2v) is 5.92. The van der Waals surface area contributed by atoms with Crippen molar-refractivity contribution in [3.63, 3.8) is 0 Å². The van der Waals surface area contributed by atoms with Gasteiger partial charge in [-0.05, 0) is 31.8 Å². The summed E-state index contributed by atoms with van der Waals surface area (Å²) in [6, 6.07) is 0. The predicted octanol–water partition coefficient (Wildman–Crippen LogP) is 2.29. The van der Waals surface area contributed by atoms with E-state index in [1.165, 1.54) is 6.42 Å². The highest BCUT2D eigenvalue weighted by Crippen LogP contribution is 2.18. The normalized spacial score (nSPS) is 23.9. The van der Waals surface area contributed by atoms with E-state index in [0.717, 1.165) is 31.6 Å². The maximum Gasteiger partial charge on any atom is 0.260 e. The molecule has 0 aromatic carbocycles. The molecule has 0 radical (unpaired) electrons. The number of carbonyl (C=O) groups is 2. The summed E-state index contributed by atoms with van der Waals surface area (Å²) in [5.41, 5.74) is 0.764. The minimum absolute atomic E-state index is 0.150. The molecule has 1 unspecified atom stereocenters. The Kier molecular flexibility index (Phi) is 4.61. The Labute approximate surface area is 130 Å². The predicted molar refractivity (Wildman–Crippen MR) is 85.9 cm³/mol. The van der Waals surface area contributed by atoms with Crippen molar-refractivity contribution in [3.05, 3.63) is 24.3 Å². The molecule has 1 atom stereocenters. The van der Waals surface area contributed by atoms with Crippen LogP contribution in [0.1, 0.15) is 38.5 Å². The number of nitrogens with zero attached hydrogens (tertiary/aromatic N) is 3. The van der Waals surface area contributed by atoms with Crippen LogP contribution in [0.25, 0.3) is 0 Å². The maximum absolute atomic E-state index is 12.1. The van der Waals surface area contributed by atoms with Gasteiger partial charge in [-0.1, -0.05) is 18.2 Å². The molecule has 3 rings (SSSR count). The summed E-state index contributed by atoms with van der Waals surface area (Å²) in [5.74, 6) is 0.308. The van der Waals surface area contributed by atoms with Crippen LogP contribution >= 0.6 is 0 Å². The van der Waals surface area contributed by atoms with Crippen LogP contribution < -0.4 is 0 Å². The second kappa shape index (κ2) is 6.81. The third kappa shape index (κ3) is 3.40. The van der Waals surface area contributed by atoms with Gasteiger partial charge in [0.15, 0.2) is 0 Å². The maximum atomic E-state index is 12.1. The number of aliphatic imine (C=N–C) groups is 2. The van der Waals surface area contributed by atoms with Crippen LogP contribution in [0, 0.1) is 5.92 Å². The van der Waals surface area contributed by atoms with Crippen LogP contribution in [0.3, 0.4) is 0 Å². The third-order valence-corrected chi connectivity index (χ3v) is 4.26. The molecule has 2 amide bonds. The van der Waals surface area contributed by atoms with E-state index in [-0.39, 0.29) is 17.7 Å². The third-order valence-electron chi connectivity index (χ3n) is 4.26. The lowest BCUT2D eigenvalue weighted by Gasteiger charge is -2.26. The van der Waals surface area contributed by atoms with Crippen molar-refractivity contribution < 1.29 is 9.59 Å². The fourth-order valence-electron chi connectivity index (χ4n) is 3.03. The summed E-state index contributed by atoms with van der Waals surface area (Å²) >= 11 is 0. The van der Waals surface area contributed by atoms with Crippen molar-refractivity contribution in [1.82, 2.24) is 4.90 Å². The molecule has 0 aromatic rings. The average molecular weight is 299 g/mol. The number of allylic oxidation sites excluding steroid dienone is 3. The van der Waals surface area contributed by atoms with Gasteiger partial charge in [-0.15, -0.1) is 0 Å². The smallest absolute Gasteiger partial charge is 0.260 e. The number of fused-ring (bicyclic) bond motifs is 1. The summed E-state index contributed by atoms with van der Waals surface area (Å²) in [4.78, 5) is 34.5. The van der Waals surface area contributed by atoms with Gasteiger partial charge in [-0.25, -0.2) is 4.99 Å². The van der Waals surface area contributed by atoms with E-state index >= 15 is 0 Å². The van der Waals surface area contributed by atoms with Crippen LogP contribution in [0.15, 0.2) is 34.3 Å². The molecule has 0 saturated carbocycles. The molecule has 0 N–H and O–H groups in total. The van der Waals surface area contributed by atoms with E-state index in [1.807, 2.05) is 29.2 Å². The minimum atomic E-state index is -0.316. The van der Waals surface area contributed by atoms with Gasteiger partial charge in [0.25, 0.3) is 5.91 Å². The second-order valence-electron chi connectivity index (χ2n) is 5.92. The zero-order valence-corrected chi connectivity index (χ0v) is 12.7. The van der Waals surface area contributed by atoms with E-state index in [2.05, 4.69) is 9.98 Å². The minimum Gasteiger partial charge on any atom is -0.343 e. The molecular formula is C17H21N3O2. The van der Waals surface area contributed by atoms with Crippen molar-refractivity contribution in [3.8, 4) is 0 Å². The molecule has 22 heavy (non-hydrogen) atoms. The standard InChI is InChI=1S/C17H21N3O2/c21-16(20-11-4-1-5-12-20)10-6-9-15-18-14-8-3-2-7-13(14)17(22)19-15/h2-3,7-8,13H,1,4-6,9-12H2. The largest absolute Gasteiger partial charge is 0.343 e. The molecule has 0 bridgehead atoms. The van der Waals surface area contributed by atoms with Gasteiger partial charge in [0.1, 0.15) is 11.8 Å². The number of carbonyl (C=O) groups excluding carboxylic acids is 2. The Bertz CT molecular complexity index is 581. The topological polar surface area (TPSA) is 62.1 Å². The van der Waals surface area contributed by atoms with Crippen molar-refractivity contribution in [2.45, 2.75) is 38.5 Å². The number of amidine groups is 1. The van der Waals surface area contributed by atoms with E-state index in [0.29, 0.717) is 25.1 Å². The van der Waals surface area contributed by atoms with Crippen molar-refractivity contribution in [1.29, 1.82) is 0 Å². The highest BCUT2D eigenvalue weighted by Gasteiger charge is 2.26. The van der Waals surface area contributed by atoms with Crippen molar-refractivity contribution in [2.75, 3.05) is 13.1 Å². The van der Waals surface area contributed by atoms with Crippen LogP contribution in [-0.2, 0) is 9.59 Å². The molecule has 3 aliphatic rings. The van der Waals surface area contributed by atoms with E-state index < -0.39 is 0 Å². The molecule has 1 fully saturated rings. The first-order valence-electron chi connectivity index (χ1n) is 8.07. The number of likely N-dealkylation sites (tertiary alicyclic amines) is 1. The molecule has 2 aliphatic heterocycles. The van der Waals surface area contributed by atoms with Gasteiger partial charge in [-0.2, -0.15) is 4.99 Å². The Balaban J connectivity index is 1.50. The van der Waals surface area contributed by atoms with E-state index in [1.54, 1.807) is 0 Å². The molecular weight excluding hydrogens is 278 g/mol. The van der Waals surface area contributed by atoms with E-state index in [4.69, 9.17) is 0 Å². The lowest BCUT2D eigenvalue weighted by molar-refractivity contribution is -0.132. The molecule has 1 saturated heterocycles. The number of hydrogen-bond donors (Lipinski definition) is 0. The summed E-state index contributed by atoms with van der Waals surface area (Å²) in [7, 11) is 0. The number of amides is 2. The lowest BCUT2D eigenvalue weighted by Crippen LogP contribution is -2.35. The van der Waals surface area contributed by atoms with Gasteiger partial charge in [0.05, 0.1) is 5.71 Å². The van der Waals surface area contributed by atoms with Gasteiger partial charge < -0.3 is 4.90 Å². The Morgan fingerprint density at radius 1 is 1.18 bits per heavy atom. The zero-order chi connectivity index (χ0) is 15.4. The van der Waals surface area contributed by atoms with Crippen molar-refractivity contribution >= 4 is 23.4 Å². The summed E-state index contributed by atoms with van der Waals surface area (Å²) in [6.45, 7) is 1.78. The number of hydrogen-bond acceptors (Lipinski definition) is 3. The Morgan fingerprint density at radius 2 is 2.00 bits per heavy atom. The quantitative estimate of drug-likeness (QED) is 0.799. The van der Waals surface area contributed by atoms with Crippen LogP contribution in [0.4, 0.5) is 0 Å². The first kappa shape index (κ1) is 14.9. The highest BCUT2D eigenvalue weighted by molar-refractivity contribution is 6.21.